The van der Waals surface area contributed by atoms with Gasteiger partial charge in [-0.3, -0.25) is 4.79 Å². The van der Waals surface area contributed by atoms with E-state index in [1.165, 1.54) is 6.33 Å². The SMILES string of the molecule is O=C(c1ccc(Br)cc1)C(CCOCCOc1ccccc1)n1cncn1. The molecule has 7 heteroatoms. The Morgan fingerprint density at radius 3 is 2.52 bits per heavy atom. The summed E-state index contributed by atoms with van der Waals surface area (Å²) in [6.45, 7) is 1.33. The van der Waals surface area contributed by atoms with Gasteiger partial charge in [0.15, 0.2) is 5.78 Å². The maximum Gasteiger partial charge on any atom is 0.187 e. The zero-order valence-electron chi connectivity index (χ0n) is 14.7. The van der Waals surface area contributed by atoms with Gasteiger partial charge in [-0.2, -0.15) is 5.10 Å². The molecule has 1 aromatic heterocycles. The first-order valence-electron chi connectivity index (χ1n) is 8.63. The van der Waals surface area contributed by atoms with Crippen LogP contribution in [0.4, 0.5) is 0 Å². The van der Waals surface area contributed by atoms with E-state index >= 15 is 0 Å². The van der Waals surface area contributed by atoms with Crippen LogP contribution in [0.3, 0.4) is 0 Å². The number of halogens is 1. The van der Waals surface area contributed by atoms with Crippen molar-refractivity contribution < 1.29 is 14.3 Å². The fourth-order valence-corrected chi connectivity index (χ4v) is 2.86. The number of para-hydroxylation sites is 1. The Morgan fingerprint density at radius 1 is 1.04 bits per heavy atom. The van der Waals surface area contributed by atoms with E-state index < -0.39 is 6.04 Å². The Morgan fingerprint density at radius 2 is 1.81 bits per heavy atom. The van der Waals surface area contributed by atoms with E-state index in [2.05, 4.69) is 26.0 Å². The van der Waals surface area contributed by atoms with E-state index in [0.717, 1.165) is 10.2 Å². The van der Waals surface area contributed by atoms with Crippen LogP contribution in [0.15, 0.2) is 71.7 Å². The molecular formula is C20H20BrN3O3. The zero-order valence-corrected chi connectivity index (χ0v) is 16.3. The summed E-state index contributed by atoms with van der Waals surface area (Å²) in [5, 5.41) is 4.13. The summed E-state index contributed by atoms with van der Waals surface area (Å²) in [6.07, 6.45) is 3.49. The van der Waals surface area contributed by atoms with Crippen LogP contribution in [0.5, 0.6) is 5.75 Å². The fraction of sp³-hybridized carbons (Fsp3) is 0.250. The first-order valence-corrected chi connectivity index (χ1v) is 9.43. The summed E-state index contributed by atoms with van der Waals surface area (Å²) in [5.74, 6) is 0.796. The molecule has 0 N–H and O–H groups in total. The number of benzene rings is 2. The number of hydrogen-bond acceptors (Lipinski definition) is 5. The molecule has 0 bridgehead atoms. The summed E-state index contributed by atoms with van der Waals surface area (Å²) < 4.78 is 13.7. The molecule has 0 radical (unpaired) electrons. The summed E-state index contributed by atoms with van der Waals surface area (Å²) in [5.41, 5.74) is 0.631. The van der Waals surface area contributed by atoms with Crippen LogP contribution < -0.4 is 4.74 Å². The molecule has 0 saturated heterocycles. The number of Topliss-reactive ketones (excluding diaryl/α,β-unsaturated/α-hetero) is 1. The van der Waals surface area contributed by atoms with Gasteiger partial charge in [-0.15, -0.1) is 0 Å². The maximum absolute atomic E-state index is 12.9. The maximum atomic E-state index is 12.9. The number of rotatable bonds is 10. The molecule has 2 aromatic carbocycles. The predicted molar refractivity (Wildman–Crippen MR) is 105 cm³/mol. The van der Waals surface area contributed by atoms with Gasteiger partial charge in [0.1, 0.15) is 31.1 Å². The van der Waals surface area contributed by atoms with E-state index in [1.807, 2.05) is 42.5 Å². The number of nitrogens with zero attached hydrogens (tertiary/aromatic N) is 3. The highest BCUT2D eigenvalue weighted by Crippen LogP contribution is 2.19. The molecule has 1 heterocycles. The molecule has 140 valence electrons. The summed E-state index contributed by atoms with van der Waals surface area (Å²) in [7, 11) is 0. The van der Waals surface area contributed by atoms with Crippen LogP contribution in [0.1, 0.15) is 22.8 Å². The summed E-state index contributed by atoms with van der Waals surface area (Å²) >= 11 is 3.38. The normalized spacial score (nSPS) is 11.9. The van der Waals surface area contributed by atoms with Gasteiger partial charge in [0.2, 0.25) is 0 Å². The van der Waals surface area contributed by atoms with Gasteiger partial charge in [0.05, 0.1) is 6.61 Å². The van der Waals surface area contributed by atoms with Crippen molar-refractivity contribution in [3.05, 3.63) is 77.3 Å². The number of ether oxygens (including phenoxy) is 2. The Labute approximate surface area is 166 Å². The zero-order chi connectivity index (χ0) is 18.9. The minimum atomic E-state index is -0.455. The third-order valence-electron chi connectivity index (χ3n) is 3.96. The second-order valence-electron chi connectivity index (χ2n) is 5.82. The van der Waals surface area contributed by atoms with Gasteiger partial charge >= 0.3 is 0 Å². The lowest BCUT2D eigenvalue weighted by atomic mass is 10.0. The van der Waals surface area contributed by atoms with Crippen LogP contribution in [0.25, 0.3) is 0 Å². The van der Waals surface area contributed by atoms with Gasteiger partial charge in [0, 0.05) is 23.1 Å². The number of ketones is 1. The van der Waals surface area contributed by atoms with Crippen molar-refractivity contribution in [3.8, 4) is 5.75 Å². The number of hydrogen-bond donors (Lipinski definition) is 0. The van der Waals surface area contributed by atoms with Crippen LogP contribution in [-0.4, -0.2) is 40.4 Å². The average Bonchev–Trinajstić information content (AvgIpc) is 3.23. The van der Waals surface area contributed by atoms with Gasteiger partial charge < -0.3 is 9.47 Å². The van der Waals surface area contributed by atoms with Crippen molar-refractivity contribution in [1.82, 2.24) is 14.8 Å². The van der Waals surface area contributed by atoms with Crippen molar-refractivity contribution in [1.29, 1.82) is 0 Å². The van der Waals surface area contributed by atoms with Gasteiger partial charge in [0.25, 0.3) is 0 Å². The molecular weight excluding hydrogens is 410 g/mol. The molecule has 0 amide bonds. The second kappa shape index (κ2) is 9.99. The number of carbonyl (C=O) groups excluding carboxylic acids is 1. The monoisotopic (exact) mass is 429 g/mol. The highest BCUT2D eigenvalue weighted by molar-refractivity contribution is 9.10. The minimum Gasteiger partial charge on any atom is -0.491 e. The molecule has 0 aliphatic carbocycles. The molecule has 0 saturated carbocycles. The van der Waals surface area contributed by atoms with Crippen molar-refractivity contribution in [2.24, 2.45) is 0 Å². The second-order valence-corrected chi connectivity index (χ2v) is 6.74. The first-order chi connectivity index (χ1) is 13.2. The summed E-state index contributed by atoms with van der Waals surface area (Å²) in [6, 6.07) is 16.4. The molecule has 6 nitrogen and oxygen atoms in total. The van der Waals surface area contributed by atoms with Crippen LogP contribution in [-0.2, 0) is 4.74 Å². The van der Waals surface area contributed by atoms with Crippen molar-refractivity contribution in [2.75, 3.05) is 19.8 Å². The Bertz CT molecular complexity index is 823. The fourth-order valence-electron chi connectivity index (χ4n) is 2.60. The Hall–Kier alpha value is -2.51. The van der Waals surface area contributed by atoms with E-state index in [1.54, 1.807) is 23.1 Å². The minimum absolute atomic E-state index is 0.0165. The van der Waals surface area contributed by atoms with Gasteiger partial charge in [-0.1, -0.05) is 46.3 Å². The smallest absolute Gasteiger partial charge is 0.187 e. The highest BCUT2D eigenvalue weighted by Gasteiger charge is 2.22. The van der Waals surface area contributed by atoms with Crippen LogP contribution in [0.2, 0.25) is 0 Å². The highest BCUT2D eigenvalue weighted by atomic mass is 79.9. The molecule has 0 aliphatic rings. The lowest BCUT2D eigenvalue weighted by molar-refractivity contribution is 0.0762. The largest absolute Gasteiger partial charge is 0.491 e. The van der Waals surface area contributed by atoms with Crippen LogP contribution >= 0.6 is 15.9 Å². The lowest BCUT2D eigenvalue weighted by Gasteiger charge is -2.16. The molecule has 0 spiro atoms. The standard InChI is InChI=1S/C20H20BrN3O3/c21-17-8-6-16(7-9-17)20(25)19(24-15-22-14-23-24)10-11-26-12-13-27-18-4-2-1-3-5-18/h1-9,14-15,19H,10-13H2. The average molecular weight is 430 g/mol. The van der Waals surface area contributed by atoms with Gasteiger partial charge in [-0.05, 0) is 24.3 Å². The molecule has 0 fully saturated rings. The molecule has 3 rings (SSSR count). The van der Waals surface area contributed by atoms with Crippen LogP contribution in [0, 0.1) is 0 Å². The third-order valence-corrected chi connectivity index (χ3v) is 4.49. The summed E-state index contributed by atoms with van der Waals surface area (Å²) in [4.78, 5) is 16.8. The molecule has 1 unspecified atom stereocenters. The van der Waals surface area contributed by atoms with E-state index in [4.69, 9.17) is 9.47 Å². The number of carbonyl (C=O) groups is 1. The van der Waals surface area contributed by atoms with Crippen molar-refractivity contribution in [3.63, 3.8) is 0 Å². The third kappa shape index (κ3) is 5.74. The van der Waals surface area contributed by atoms with E-state index in [9.17, 15) is 4.79 Å². The predicted octanol–water partition coefficient (Wildman–Crippen LogP) is 3.95. The lowest BCUT2D eigenvalue weighted by Crippen LogP contribution is -2.22. The first kappa shape index (κ1) is 19.3. The van der Waals surface area contributed by atoms with Crippen molar-refractivity contribution in [2.45, 2.75) is 12.5 Å². The number of aromatic nitrogens is 3. The molecule has 0 aliphatic heterocycles. The Kier molecular flexibility index (Phi) is 7.12. The molecule has 27 heavy (non-hydrogen) atoms. The molecule has 1 atom stereocenters. The van der Waals surface area contributed by atoms with E-state index in [0.29, 0.717) is 31.8 Å². The van der Waals surface area contributed by atoms with Crippen molar-refractivity contribution >= 4 is 21.7 Å². The topological polar surface area (TPSA) is 66.2 Å². The van der Waals surface area contributed by atoms with E-state index in [-0.39, 0.29) is 5.78 Å². The molecule has 3 aromatic rings. The van der Waals surface area contributed by atoms with Gasteiger partial charge in [-0.25, -0.2) is 9.67 Å². The Balaban J connectivity index is 1.50. The quantitative estimate of drug-likeness (QED) is 0.360.